The molecule has 0 atom stereocenters. The van der Waals surface area contributed by atoms with Gasteiger partial charge < -0.3 is 18.0 Å². The Morgan fingerprint density at radius 1 is 1.11 bits per heavy atom. The number of hydrogen-bond acceptors (Lipinski definition) is 6. The van der Waals surface area contributed by atoms with E-state index in [9.17, 15) is 4.79 Å². The number of esters is 1. The zero-order valence-electron chi connectivity index (χ0n) is 11.8. The highest BCUT2D eigenvalue weighted by atomic mass is 28.4. The molecule has 0 amide bonds. The summed E-state index contributed by atoms with van der Waals surface area (Å²) in [7, 11) is 3.64. The Balaban J connectivity index is 4.04. The van der Waals surface area contributed by atoms with Gasteiger partial charge in [-0.15, -0.1) is 0 Å². The topological polar surface area (TPSA) is 66.4 Å². The summed E-state index contributed by atoms with van der Waals surface area (Å²) in [4.78, 5) is 15.3. The Kier molecular flexibility index (Phi) is 8.81. The summed E-state index contributed by atoms with van der Waals surface area (Å²) < 4.78 is 20.5. The van der Waals surface area contributed by atoms with Crippen LogP contribution in [-0.2, 0) is 22.8 Å². The molecule has 0 aromatic carbocycles. The van der Waals surface area contributed by atoms with E-state index in [0.29, 0.717) is 12.6 Å². The minimum absolute atomic E-state index is 0.234. The molecule has 0 aliphatic heterocycles. The van der Waals surface area contributed by atoms with Crippen molar-refractivity contribution >= 4 is 20.5 Å². The van der Waals surface area contributed by atoms with Crippen LogP contribution in [0.2, 0.25) is 6.04 Å². The van der Waals surface area contributed by atoms with Gasteiger partial charge in [0.15, 0.2) is 0 Å². The predicted octanol–water partition coefficient (Wildman–Crippen LogP) is 1.28. The van der Waals surface area contributed by atoms with Crippen molar-refractivity contribution in [3.8, 4) is 0 Å². The van der Waals surface area contributed by atoms with Gasteiger partial charge in [-0.05, 0) is 13.3 Å². The quantitative estimate of drug-likeness (QED) is 0.275. The number of hydrogen-bond donors (Lipinski definition) is 0. The number of carbonyl (C=O) groups is 1. The van der Waals surface area contributed by atoms with Crippen LogP contribution in [0.25, 0.3) is 0 Å². The third kappa shape index (κ3) is 6.25. The van der Waals surface area contributed by atoms with Crippen molar-refractivity contribution in [2.45, 2.75) is 25.8 Å². The second-order valence-electron chi connectivity index (χ2n) is 3.77. The van der Waals surface area contributed by atoms with E-state index in [4.69, 9.17) is 13.3 Å². The number of aliphatic imine (C=N–C) groups is 1. The molecule has 0 saturated carbocycles. The Morgan fingerprint density at radius 3 is 2.11 bits per heavy atom. The molecule has 0 rings (SSSR count). The van der Waals surface area contributed by atoms with Crippen molar-refractivity contribution in [3.63, 3.8) is 0 Å². The van der Waals surface area contributed by atoms with Crippen LogP contribution in [0.4, 0.5) is 0 Å². The maximum absolute atomic E-state index is 11.0. The molecule has 0 radical (unpaired) electrons. The summed E-state index contributed by atoms with van der Waals surface area (Å²) in [6.07, 6.45) is 1.03. The lowest BCUT2D eigenvalue weighted by Gasteiger charge is -2.23. The van der Waals surface area contributed by atoms with Crippen molar-refractivity contribution in [2.24, 2.45) is 4.99 Å². The highest BCUT2D eigenvalue weighted by Gasteiger charge is 2.36. The number of carbonyl (C=O) groups excluding carboxylic acids is 1. The van der Waals surface area contributed by atoms with Crippen molar-refractivity contribution in [1.82, 2.24) is 0 Å². The highest BCUT2D eigenvalue weighted by Crippen LogP contribution is 2.14. The molecule has 0 aliphatic rings. The zero-order chi connectivity index (χ0) is 14.0. The van der Waals surface area contributed by atoms with Gasteiger partial charge in [-0.3, -0.25) is 9.79 Å². The Labute approximate surface area is 110 Å². The Hall–Kier alpha value is -0.763. The van der Waals surface area contributed by atoms with Crippen LogP contribution in [-0.4, -0.2) is 55.5 Å². The maximum Gasteiger partial charge on any atom is 0.500 e. The lowest BCUT2D eigenvalue weighted by Crippen LogP contribution is -2.42. The van der Waals surface area contributed by atoms with Crippen molar-refractivity contribution in [2.75, 3.05) is 35.0 Å². The minimum Gasteiger partial charge on any atom is -0.469 e. The monoisotopic (exact) mass is 277 g/mol. The van der Waals surface area contributed by atoms with Crippen molar-refractivity contribution < 1.29 is 22.8 Å². The smallest absolute Gasteiger partial charge is 0.469 e. The summed E-state index contributed by atoms with van der Waals surface area (Å²) >= 11 is 0. The molecule has 0 spiro atoms. The van der Waals surface area contributed by atoms with Crippen LogP contribution in [0.1, 0.15) is 19.8 Å². The van der Waals surface area contributed by atoms with Gasteiger partial charge in [0.05, 0.1) is 13.5 Å². The van der Waals surface area contributed by atoms with Crippen molar-refractivity contribution in [3.05, 3.63) is 0 Å². The molecule has 18 heavy (non-hydrogen) atoms. The van der Waals surface area contributed by atoms with Crippen LogP contribution < -0.4 is 0 Å². The number of ether oxygens (including phenoxy) is 1. The molecule has 7 heteroatoms. The minimum atomic E-state index is -2.49. The zero-order valence-corrected chi connectivity index (χ0v) is 12.8. The fourth-order valence-electron chi connectivity index (χ4n) is 1.46. The average Bonchev–Trinajstić information content (AvgIpc) is 2.39. The number of methoxy groups -OCH3 is 1. The summed E-state index contributed by atoms with van der Waals surface area (Å²) in [5.41, 5.74) is 0.765. The standard InChI is InChI=1S/C11H23NO5Si/c1-10(9-11(13)14-2)12-7-6-8-18(15-3,16-4)17-5/h6-9H2,1-5H3. The Bertz CT molecular complexity index is 270. The van der Waals surface area contributed by atoms with Crippen molar-refractivity contribution in [1.29, 1.82) is 0 Å². The molecular formula is C11H23NO5Si. The van der Waals surface area contributed by atoms with E-state index < -0.39 is 8.80 Å². The summed E-state index contributed by atoms with van der Waals surface area (Å²) in [5.74, 6) is -0.273. The SMILES string of the molecule is COC(=O)CC(C)=NCCC[Si](OC)(OC)OC. The van der Waals surface area contributed by atoms with Gasteiger partial charge in [-0.25, -0.2) is 0 Å². The molecule has 0 saturated heterocycles. The summed E-state index contributed by atoms with van der Waals surface area (Å²) in [6, 6.07) is 0.700. The van der Waals surface area contributed by atoms with E-state index in [0.717, 1.165) is 12.1 Å². The van der Waals surface area contributed by atoms with Gasteiger partial charge >= 0.3 is 14.8 Å². The van der Waals surface area contributed by atoms with E-state index in [1.54, 1.807) is 21.3 Å². The molecule has 0 aliphatic carbocycles. The molecule has 0 aromatic heterocycles. The third-order valence-corrected chi connectivity index (χ3v) is 5.42. The average molecular weight is 277 g/mol. The first kappa shape index (κ1) is 17.2. The van der Waals surface area contributed by atoms with Gasteiger partial charge in [0.2, 0.25) is 0 Å². The van der Waals surface area contributed by atoms with Crippen LogP contribution >= 0.6 is 0 Å². The lowest BCUT2D eigenvalue weighted by molar-refractivity contribution is -0.139. The van der Waals surface area contributed by atoms with Crippen LogP contribution in [0.3, 0.4) is 0 Å². The van der Waals surface area contributed by atoms with Gasteiger partial charge in [0.25, 0.3) is 0 Å². The molecule has 0 N–H and O–H groups in total. The highest BCUT2D eigenvalue weighted by molar-refractivity contribution is 6.60. The molecule has 0 heterocycles. The number of nitrogens with zero attached hydrogens (tertiary/aromatic N) is 1. The molecule has 6 nitrogen and oxygen atoms in total. The first-order chi connectivity index (χ1) is 8.53. The molecule has 0 bridgehead atoms. The second kappa shape index (κ2) is 9.20. The molecule has 0 fully saturated rings. The van der Waals surface area contributed by atoms with Gasteiger partial charge in [-0.1, -0.05) is 0 Å². The van der Waals surface area contributed by atoms with Crippen LogP contribution in [0.5, 0.6) is 0 Å². The van der Waals surface area contributed by atoms with E-state index >= 15 is 0 Å². The van der Waals surface area contributed by atoms with Gasteiger partial charge in [0.1, 0.15) is 0 Å². The normalized spacial score (nSPS) is 12.6. The predicted molar refractivity (Wildman–Crippen MR) is 70.8 cm³/mol. The first-order valence-corrected chi connectivity index (χ1v) is 7.69. The fourth-order valence-corrected chi connectivity index (χ4v) is 3.16. The molecular weight excluding hydrogens is 254 g/mol. The fraction of sp³-hybridized carbons (Fsp3) is 0.818. The van der Waals surface area contributed by atoms with E-state index in [1.165, 1.54) is 7.11 Å². The van der Waals surface area contributed by atoms with Gasteiger partial charge in [-0.2, -0.15) is 0 Å². The van der Waals surface area contributed by atoms with Crippen LogP contribution in [0, 0.1) is 0 Å². The lowest BCUT2D eigenvalue weighted by atomic mass is 10.3. The number of rotatable bonds is 9. The summed E-state index contributed by atoms with van der Waals surface area (Å²) in [5, 5.41) is 0. The molecule has 0 unspecified atom stereocenters. The molecule has 106 valence electrons. The van der Waals surface area contributed by atoms with Crippen LogP contribution in [0.15, 0.2) is 4.99 Å². The first-order valence-electron chi connectivity index (χ1n) is 5.75. The van der Waals surface area contributed by atoms with E-state index in [1.807, 2.05) is 6.92 Å². The largest absolute Gasteiger partial charge is 0.500 e. The third-order valence-electron chi connectivity index (χ3n) is 2.58. The summed E-state index contributed by atoms with van der Waals surface area (Å²) in [6.45, 7) is 2.43. The van der Waals surface area contributed by atoms with E-state index in [2.05, 4.69) is 9.73 Å². The second-order valence-corrected chi connectivity index (χ2v) is 6.86. The molecule has 0 aromatic rings. The van der Waals surface area contributed by atoms with Gasteiger partial charge in [0, 0.05) is 39.6 Å². The Morgan fingerprint density at radius 2 is 1.67 bits per heavy atom. The maximum atomic E-state index is 11.0. The van der Waals surface area contributed by atoms with E-state index in [-0.39, 0.29) is 12.4 Å².